The number of likely N-dealkylation sites (tertiary alicyclic amines) is 1. The van der Waals surface area contributed by atoms with Crippen molar-refractivity contribution in [2.45, 2.75) is 50.4 Å². The number of amides is 1. The number of fused-ring (bicyclic) bond motifs is 1. The summed E-state index contributed by atoms with van der Waals surface area (Å²) >= 11 is 0. The van der Waals surface area contributed by atoms with Gasteiger partial charge in [-0.1, -0.05) is 0 Å². The lowest BCUT2D eigenvalue weighted by Crippen LogP contribution is -2.43. The zero-order chi connectivity index (χ0) is 19.8. The second kappa shape index (κ2) is 7.55. The van der Waals surface area contributed by atoms with Crippen LogP contribution in [0, 0.1) is 0 Å². The zero-order valence-electron chi connectivity index (χ0n) is 16.1. The number of hydrogen-bond donors (Lipinski definition) is 1. The fraction of sp³-hybridized carbons (Fsp3) is 0.500. The van der Waals surface area contributed by atoms with Crippen molar-refractivity contribution in [2.24, 2.45) is 0 Å². The van der Waals surface area contributed by atoms with Gasteiger partial charge in [0.2, 0.25) is 0 Å². The molecule has 4 heterocycles. The first kappa shape index (κ1) is 18.2. The van der Waals surface area contributed by atoms with Gasteiger partial charge in [0.15, 0.2) is 11.5 Å². The van der Waals surface area contributed by atoms with Crippen LogP contribution >= 0.6 is 0 Å². The molecule has 8 nitrogen and oxygen atoms in total. The van der Waals surface area contributed by atoms with E-state index < -0.39 is 6.17 Å². The lowest BCUT2D eigenvalue weighted by molar-refractivity contribution is 0.0904. The largest absolute Gasteiger partial charge is 0.348 e. The van der Waals surface area contributed by atoms with E-state index in [9.17, 15) is 9.18 Å². The smallest absolute Gasteiger partial charge is 0.271 e. The highest BCUT2D eigenvalue weighted by atomic mass is 19.1. The van der Waals surface area contributed by atoms with E-state index in [1.54, 1.807) is 46.3 Å². The summed E-state index contributed by atoms with van der Waals surface area (Å²) in [7, 11) is 0. The normalized spacial score (nSPS) is 25.5. The first-order chi connectivity index (χ1) is 14.2. The fourth-order valence-corrected chi connectivity index (χ4v) is 4.50. The summed E-state index contributed by atoms with van der Waals surface area (Å²) in [5.74, 6) is 0.383. The Kier molecular flexibility index (Phi) is 4.75. The van der Waals surface area contributed by atoms with Crippen molar-refractivity contribution in [1.29, 1.82) is 0 Å². The summed E-state index contributed by atoms with van der Waals surface area (Å²) in [6, 6.07) is 0.566. The van der Waals surface area contributed by atoms with Gasteiger partial charge in [0.1, 0.15) is 18.2 Å². The second-order valence-electron chi connectivity index (χ2n) is 7.94. The molecule has 2 fully saturated rings. The number of alkyl halides is 1. The van der Waals surface area contributed by atoms with Crippen LogP contribution in [-0.2, 0) is 0 Å². The van der Waals surface area contributed by atoms with Gasteiger partial charge in [-0.3, -0.25) is 14.3 Å². The SMILES string of the molecule is O=C(NC1CCC(N2CC[C@@H](F)C2)CC1)c1cn2ccnc2c(-n2ccnc2)n1. The van der Waals surface area contributed by atoms with E-state index in [-0.39, 0.29) is 11.9 Å². The number of nitrogens with one attached hydrogen (secondary N) is 1. The van der Waals surface area contributed by atoms with Gasteiger partial charge in [0.05, 0.1) is 0 Å². The van der Waals surface area contributed by atoms with Crippen LogP contribution in [0.15, 0.2) is 37.3 Å². The number of aromatic nitrogens is 5. The Hall–Kier alpha value is -2.81. The van der Waals surface area contributed by atoms with Crippen molar-refractivity contribution in [3.8, 4) is 5.82 Å². The minimum Gasteiger partial charge on any atom is -0.348 e. The van der Waals surface area contributed by atoms with Crippen molar-refractivity contribution < 1.29 is 9.18 Å². The van der Waals surface area contributed by atoms with Crippen LogP contribution in [-0.4, -0.2) is 66.1 Å². The van der Waals surface area contributed by atoms with Crippen LogP contribution in [0.25, 0.3) is 11.5 Å². The van der Waals surface area contributed by atoms with Crippen LogP contribution < -0.4 is 5.32 Å². The van der Waals surface area contributed by atoms with Crippen LogP contribution in [0.2, 0.25) is 0 Å². The quantitative estimate of drug-likeness (QED) is 0.728. The molecule has 1 aliphatic carbocycles. The Morgan fingerprint density at radius 3 is 2.72 bits per heavy atom. The van der Waals surface area contributed by atoms with E-state index in [0.717, 1.165) is 32.2 Å². The molecule has 0 radical (unpaired) electrons. The third-order valence-corrected chi connectivity index (χ3v) is 6.05. The number of rotatable bonds is 4. The maximum atomic E-state index is 13.5. The van der Waals surface area contributed by atoms with Gasteiger partial charge in [-0.25, -0.2) is 19.3 Å². The molecule has 1 aliphatic heterocycles. The summed E-state index contributed by atoms with van der Waals surface area (Å²) in [6.07, 6.45) is 14.0. The summed E-state index contributed by atoms with van der Waals surface area (Å²) in [4.78, 5) is 28.1. The number of carbonyl (C=O) groups is 1. The molecule has 1 amide bonds. The molecule has 9 heteroatoms. The van der Waals surface area contributed by atoms with Crippen molar-refractivity contribution >= 4 is 11.6 Å². The molecule has 1 atom stereocenters. The highest BCUT2D eigenvalue weighted by molar-refractivity contribution is 5.92. The second-order valence-corrected chi connectivity index (χ2v) is 7.94. The highest BCUT2D eigenvalue weighted by Crippen LogP contribution is 2.27. The molecule has 0 aromatic carbocycles. The molecule has 0 spiro atoms. The van der Waals surface area contributed by atoms with Gasteiger partial charge in [0, 0.05) is 56.2 Å². The predicted octanol–water partition coefficient (Wildman–Crippen LogP) is 2.00. The van der Waals surface area contributed by atoms with E-state index >= 15 is 0 Å². The molecule has 3 aromatic rings. The third kappa shape index (κ3) is 3.62. The molecule has 152 valence electrons. The Morgan fingerprint density at radius 2 is 2.00 bits per heavy atom. The van der Waals surface area contributed by atoms with E-state index in [1.165, 1.54) is 0 Å². The van der Waals surface area contributed by atoms with Crippen LogP contribution in [0.1, 0.15) is 42.6 Å². The Labute approximate surface area is 167 Å². The molecule has 0 bridgehead atoms. The Balaban J connectivity index is 1.27. The van der Waals surface area contributed by atoms with Gasteiger partial charge in [-0.15, -0.1) is 0 Å². The molecular formula is C20H24FN7O. The maximum Gasteiger partial charge on any atom is 0.271 e. The van der Waals surface area contributed by atoms with E-state index in [1.807, 2.05) is 0 Å². The van der Waals surface area contributed by atoms with Crippen molar-refractivity contribution in [1.82, 2.24) is 34.1 Å². The number of nitrogens with zero attached hydrogens (tertiary/aromatic N) is 6. The molecule has 29 heavy (non-hydrogen) atoms. The lowest BCUT2D eigenvalue weighted by atomic mass is 9.90. The summed E-state index contributed by atoms with van der Waals surface area (Å²) in [6.45, 7) is 1.42. The first-order valence-electron chi connectivity index (χ1n) is 10.2. The minimum atomic E-state index is -0.679. The van der Waals surface area contributed by atoms with Crippen molar-refractivity contribution in [2.75, 3.05) is 13.1 Å². The summed E-state index contributed by atoms with van der Waals surface area (Å²) in [5, 5.41) is 3.13. The van der Waals surface area contributed by atoms with Crippen LogP contribution in [0.3, 0.4) is 0 Å². The standard InChI is InChI=1S/C20H24FN7O/c21-14-5-8-26(11-14)16-3-1-15(2-4-16)24-20(29)17-12-27-10-7-23-18(27)19(25-17)28-9-6-22-13-28/h6-7,9-10,12-16H,1-5,8,11H2,(H,24,29)/t14-,15?,16?/m1/s1. The van der Waals surface area contributed by atoms with E-state index in [4.69, 9.17) is 0 Å². The van der Waals surface area contributed by atoms with Gasteiger partial charge in [-0.2, -0.15) is 0 Å². The average molecular weight is 397 g/mol. The molecule has 1 N–H and O–H groups in total. The number of hydrogen-bond acceptors (Lipinski definition) is 5. The number of carbonyl (C=O) groups excluding carboxylic acids is 1. The number of halogens is 1. The molecule has 0 unspecified atom stereocenters. The lowest BCUT2D eigenvalue weighted by Gasteiger charge is -2.34. The Morgan fingerprint density at radius 1 is 1.14 bits per heavy atom. The third-order valence-electron chi connectivity index (χ3n) is 6.05. The Bertz CT molecular complexity index is 994. The number of imidazole rings is 2. The highest BCUT2D eigenvalue weighted by Gasteiger charge is 2.31. The zero-order valence-corrected chi connectivity index (χ0v) is 16.1. The van der Waals surface area contributed by atoms with Gasteiger partial charge < -0.3 is 9.72 Å². The minimum absolute atomic E-state index is 0.125. The molecule has 3 aromatic heterocycles. The topological polar surface area (TPSA) is 80.4 Å². The van der Waals surface area contributed by atoms with E-state index in [2.05, 4.69) is 25.2 Å². The molecule has 2 aliphatic rings. The average Bonchev–Trinajstić information content (AvgIpc) is 3.49. The molecule has 5 rings (SSSR count). The molecular weight excluding hydrogens is 373 g/mol. The van der Waals surface area contributed by atoms with Crippen LogP contribution in [0.5, 0.6) is 0 Å². The molecule has 1 saturated carbocycles. The van der Waals surface area contributed by atoms with Crippen molar-refractivity contribution in [3.63, 3.8) is 0 Å². The first-order valence-corrected chi connectivity index (χ1v) is 10.2. The van der Waals surface area contributed by atoms with Gasteiger partial charge >= 0.3 is 0 Å². The fourth-order valence-electron chi connectivity index (χ4n) is 4.50. The predicted molar refractivity (Wildman–Crippen MR) is 105 cm³/mol. The maximum absolute atomic E-state index is 13.5. The van der Waals surface area contributed by atoms with E-state index in [0.29, 0.717) is 36.2 Å². The van der Waals surface area contributed by atoms with Crippen LogP contribution in [0.4, 0.5) is 4.39 Å². The summed E-state index contributed by atoms with van der Waals surface area (Å²) < 4.78 is 17.0. The monoisotopic (exact) mass is 397 g/mol. The van der Waals surface area contributed by atoms with Gasteiger partial charge in [-0.05, 0) is 32.1 Å². The van der Waals surface area contributed by atoms with Crippen molar-refractivity contribution in [3.05, 3.63) is 43.0 Å². The molecule has 1 saturated heterocycles. The van der Waals surface area contributed by atoms with Gasteiger partial charge in [0.25, 0.3) is 5.91 Å². The summed E-state index contributed by atoms with van der Waals surface area (Å²) in [5.41, 5.74) is 1.01.